The summed E-state index contributed by atoms with van der Waals surface area (Å²) in [5, 5.41) is 0. The van der Waals surface area contributed by atoms with E-state index in [1.807, 2.05) is 0 Å². The third-order valence-corrected chi connectivity index (χ3v) is 3.24. The maximum Gasteiger partial charge on any atom is 0.412 e. The van der Waals surface area contributed by atoms with Crippen LogP contribution in [0.25, 0.3) is 0 Å². The molecule has 0 aliphatic heterocycles. The molecule has 0 N–H and O–H groups in total. The number of aliphatic imine (C=N–C) groups is 1. The fourth-order valence-electron chi connectivity index (χ4n) is 2.18. The molecule has 0 heterocycles. The molecule has 1 aliphatic carbocycles. The van der Waals surface area contributed by atoms with E-state index in [0.717, 1.165) is 6.08 Å². The summed E-state index contributed by atoms with van der Waals surface area (Å²) in [6.07, 6.45) is -3.34. The number of nitrogens with zero attached hydrogens (tertiary/aromatic N) is 2. The van der Waals surface area contributed by atoms with Crippen LogP contribution in [0.15, 0.2) is 16.6 Å². The molecule has 0 aromatic heterocycles. The van der Waals surface area contributed by atoms with Crippen molar-refractivity contribution in [3.05, 3.63) is 11.6 Å². The van der Waals surface area contributed by atoms with Crippen LogP contribution < -0.4 is 0 Å². The van der Waals surface area contributed by atoms with Crippen LogP contribution in [-0.2, 0) is 9.53 Å². The lowest BCUT2D eigenvalue weighted by Gasteiger charge is -2.36. The predicted molar refractivity (Wildman–Crippen MR) is 73.1 cm³/mol. The van der Waals surface area contributed by atoms with Gasteiger partial charge in [-0.25, -0.2) is 14.6 Å². The Labute approximate surface area is 126 Å². The molecule has 8 heteroatoms. The molecule has 0 radical (unpaired) electrons. The average Bonchev–Trinajstić information content (AvgIpc) is 2.35. The van der Waals surface area contributed by atoms with Gasteiger partial charge in [0, 0.05) is 19.0 Å². The van der Waals surface area contributed by atoms with Gasteiger partial charge in [0.05, 0.1) is 12.1 Å². The number of rotatable bonds is 2. The molecule has 0 saturated carbocycles. The number of halogens is 3. The number of alkyl halides is 3. The maximum atomic E-state index is 12.8. The van der Waals surface area contributed by atoms with Gasteiger partial charge in [-0.15, -0.1) is 0 Å². The standard InChI is InChI=1S/C14H19F3N2O3/c1-13(2,3)22-12(21)19(4)11-6-5-9(14(15,16)17)7-10(11)18-8-20/h5,10-11H,6-7H2,1-4H3/t10?,11-/m0/s1. The molecular weight excluding hydrogens is 301 g/mol. The summed E-state index contributed by atoms with van der Waals surface area (Å²) < 4.78 is 43.4. The van der Waals surface area contributed by atoms with Gasteiger partial charge in [-0.3, -0.25) is 0 Å². The number of hydrogen-bond donors (Lipinski definition) is 0. The third-order valence-electron chi connectivity index (χ3n) is 3.24. The van der Waals surface area contributed by atoms with Crippen molar-refractivity contribution < 1.29 is 27.5 Å². The monoisotopic (exact) mass is 320 g/mol. The van der Waals surface area contributed by atoms with Gasteiger partial charge in [0.2, 0.25) is 6.08 Å². The molecule has 5 nitrogen and oxygen atoms in total. The first-order chi connectivity index (χ1) is 9.95. The largest absolute Gasteiger partial charge is 0.444 e. The molecule has 0 fully saturated rings. The van der Waals surface area contributed by atoms with Gasteiger partial charge in [0.1, 0.15) is 5.60 Å². The molecule has 1 unspecified atom stereocenters. The number of likely N-dealkylation sites (N-methyl/N-ethyl adjacent to an activating group) is 1. The van der Waals surface area contributed by atoms with Crippen LogP contribution in [0.2, 0.25) is 0 Å². The first-order valence-corrected chi connectivity index (χ1v) is 6.74. The molecule has 1 aliphatic rings. The Morgan fingerprint density at radius 2 is 2.00 bits per heavy atom. The van der Waals surface area contributed by atoms with Crippen molar-refractivity contribution in [2.75, 3.05) is 7.05 Å². The highest BCUT2D eigenvalue weighted by Gasteiger charge is 2.41. The fourth-order valence-corrected chi connectivity index (χ4v) is 2.18. The van der Waals surface area contributed by atoms with Crippen molar-refractivity contribution in [3.8, 4) is 0 Å². The van der Waals surface area contributed by atoms with Gasteiger partial charge in [0.25, 0.3) is 0 Å². The van der Waals surface area contributed by atoms with E-state index in [1.165, 1.54) is 18.0 Å². The van der Waals surface area contributed by atoms with E-state index in [-0.39, 0.29) is 6.42 Å². The van der Waals surface area contributed by atoms with E-state index in [9.17, 15) is 22.8 Å². The first-order valence-electron chi connectivity index (χ1n) is 6.74. The van der Waals surface area contributed by atoms with E-state index in [0.29, 0.717) is 0 Å². The van der Waals surface area contributed by atoms with Crippen LogP contribution in [0, 0.1) is 0 Å². The number of amides is 1. The highest BCUT2D eigenvalue weighted by Crippen LogP contribution is 2.35. The summed E-state index contributed by atoms with van der Waals surface area (Å²) in [5.41, 5.74) is -1.47. The summed E-state index contributed by atoms with van der Waals surface area (Å²) in [5.74, 6) is 0. The summed E-state index contributed by atoms with van der Waals surface area (Å²) >= 11 is 0. The lowest BCUT2D eigenvalue weighted by molar-refractivity contribution is -0.0963. The molecule has 0 bridgehead atoms. The minimum absolute atomic E-state index is 0.0551. The van der Waals surface area contributed by atoms with Crippen molar-refractivity contribution in [2.24, 2.45) is 4.99 Å². The zero-order valence-corrected chi connectivity index (χ0v) is 12.9. The molecule has 0 spiro atoms. The van der Waals surface area contributed by atoms with Crippen molar-refractivity contribution >= 4 is 12.2 Å². The highest BCUT2D eigenvalue weighted by molar-refractivity contribution is 5.68. The highest BCUT2D eigenvalue weighted by atomic mass is 19.4. The topological polar surface area (TPSA) is 59.0 Å². The minimum atomic E-state index is -4.47. The van der Waals surface area contributed by atoms with Crippen LogP contribution in [0.5, 0.6) is 0 Å². The second-order valence-corrected chi connectivity index (χ2v) is 6.11. The number of carbonyl (C=O) groups excluding carboxylic acids is 2. The lowest BCUT2D eigenvalue weighted by Crippen LogP contribution is -2.47. The van der Waals surface area contributed by atoms with Crippen LogP contribution in [0.4, 0.5) is 18.0 Å². The Morgan fingerprint density at radius 3 is 2.45 bits per heavy atom. The molecule has 0 aromatic carbocycles. The minimum Gasteiger partial charge on any atom is -0.444 e. The normalized spacial score (nSPS) is 22.4. The van der Waals surface area contributed by atoms with Gasteiger partial charge in [-0.2, -0.15) is 13.2 Å². The van der Waals surface area contributed by atoms with Gasteiger partial charge in [-0.1, -0.05) is 6.08 Å². The van der Waals surface area contributed by atoms with Gasteiger partial charge in [-0.05, 0) is 27.2 Å². The van der Waals surface area contributed by atoms with Crippen LogP contribution in [0.1, 0.15) is 33.6 Å². The van der Waals surface area contributed by atoms with E-state index in [2.05, 4.69) is 4.99 Å². The van der Waals surface area contributed by atoms with Crippen LogP contribution in [0.3, 0.4) is 0 Å². The van der Waals surface area contributed by atoms with Crippen molar-refractivity contribution in [1.29, 1.82) is 0 Å². The number of ether oxygens (including phenoxy) is 1. The maximum absolute atomic E-state index is 12.8. The van der Waals surface area contributed by atoms with Crippen molar-refractivity contribution in [1.82, 2.24) is 4.90 Å². The second-order valence-electron chi connectivity index (χ2n) is 6.11. The Bertz CT molecular complexity index is 502. The summed E-state index contributed by atoms with van der Waals surface area (Å²) in [6.45, 7) is 5.05. The summed E-state index contributed by atoms with van der Waals surface area (Å²) in [6, 6.07) is -1.67. The molecule has 2 atom stereocenters. The number of isocyanates is 1. The molecule has 22 heavy (non-hydrogen) atoms. The van der Waals surface area contributed by atoms with Crippen molar-refractivity contribution in [2.45, 2.75) is 57.5 Å². The van der Waals surface area contributed by atoms with E-state index < -0.39 is 41.9 Å². The van der Waals surface area contributed by atoms with E-state index in [4.69, 9.17) is 4.74 Å². The van der Waals surface area contributed by atoms with Gasteiger partial charge >= 0.3 is 12.3 Å². The Kier molecular flexibility index (Phi) is 5.40. The number of carbonyl (C=O) groups is 1. The summed E-state index contributed by atoms with van der Waals surface area (Å²) in [7, 11) is 1.42. The summed E-state index contributed by atoms with van der Waals surface area (Å²) in [4.78, 5) is 27.1. The molecule has 124 valence electrons. The average molecular weight is 320 g/mol. The number of hydrogen-bond acceptors (Lipinski definition) is 4. The van der Waals surface area contributed by atoms with E-state index in [1.54, 1.807) is 20.8 Å². The second kappa shape index (κ2) is 6.52. The molecular formula is C14H19F3N2O3. The Hall–Kier alpha value is -1.82. The molecule has 1 amide bonds. The molecule has 0 aromatic rings. The smallest absolute Gasteiger partial charge is 0.412 e. The zero-order chi connectivity index (χ0) is 17.1. The van der Waals surface area contributed by atoms with Gasteiger partial charge in [0.15, 0.2) is 0 Å². The Balaban J connectivity index is 2.95. The fraction of sp³-hybridized carbons (Fsp3) is 0.714. The van der Waals surface area contributed by atoms with Crippen molar-refractivity contribution in [3.63, 3.8) is 0 Å². The Morgan fingerprint density at radius 1 is 1.41 bits per heavy atom. The molecule has 0 saturated heterocycles. The lowest BCUT2D eigenvalue weighted by atomic mass is 9.89. The SMILES string of the molecule is CN(C(=O)OC(C)(C)C)[C@H]1CC=C(C(F)(F)F)CC1N=C=O. The third kappa shape index (κ3) is 4.87. The predicted octanol–water partition coefficient (Wildman–Crippen LogP) is 3.21. The van der Waals surface area contributed by atoms with Crippen LogP contribution >= 0.6 is 0 Å². The van der Waals surface area contributed by atoms with Gasteiger partial charge < -0.3 is 9.64 Å². The quantitative estimate of drug-likeness (QED) is 0.446. The first kappa shape index (κ1) is 18.2. The zero-order valence-electron chi connectivity index (χ0n) is 12.9. The molecule has 1 rings (SSSR count). The van der Waals surface area contributed by atoms with E-state index >= 15 is 0 Å². The van der Waals surface area contributed by atoms with Crippen LogP contribution in [-0.4, -0.2) is 48.0 Å².